The number of hydrogen-bond donors (Lipinski definition) is 1. The van der Waals surface area contributed by atoms with Crippen molar-refractivity contribution in [2.24, 2.45) is 5.84 Å². The Morgan fingerprint density at radius 3 is 3.00 bits per heavy atom. The molecule has 1 aliphatic rings. The Morgan fingerprint density at radius 2 is 2.56 bits per heavy atom. The molecule has 1 amide bonds. The first kappa shape index (κ1) is 6.51. The summed E-state index contributed by atoms with van der Waals surface area (Å²) in [5, 5.41) is 1.21. The Kier molecular flexibility index (Phi) is 1.68. The lowest BCUT2D eigenvalue weighted by molar-refractivity contribution is -0.147. The lowest BCUT2D eigenvalue weighted by atomic mass is 10.3. The van der Waals surface area contributed by atoms with E-state index >= 15 is 0 Å². The van der Waals surface area contributed by atoms with E-state index < -0.39 is 0 Å². The van der Waals surface area contributed by atoms with Gasteiger partial charge in [-0.2, -0.15) is 0 Å². The van der Waals surface area contributed by atoms with Crippen LogP contribution in [-0.2, 0) is 9.53 Å². The highest BCUT2D eigenvalue weighted by Gasteiger charge is 2.21. The molecule has 4 nitrogen and oxygen atoms in total. The first-order valence-corrected chi connectivity index (χ1v) is 2.86. The van der Waals surface area contributed by atoms with Crippen molar-refractivity contribution >= 4 is 5.91 Å². The van der Waals surface area contributed by atoms with Crippen molar-refractivity contribution in [3.63, 3.8) is 0 Å². The van der Waals surface area contributed by atoms with Crippen molar-refractivity contribution in [3.05, 3.63) is 0 Å². The van der Waals surface area contributed by atoms with Gasteiger partial charge in [-0.25, -0.2) is 5.84 Å². The van der Waals surface area contributed by atoms with Gasteiger partial charge in [-0.05, 0) is 6.92 Å². The largest absolute Gasteiger partial charge is 0.369 e. The molecule has 1 saturated heterocycles. The van der Waals surface area contributed by atoms with Crippen molar-refractivity contribution in [1.29, 1.82) is 0 Å². The Hall–Kier alpha value is -0.610. The molecule has 1 heterocycles. The maximum atomic E-state index is 10.7. The van der Waals surface area contributed by atoms with E-state index in [1.807, 2.05) is 6.92 Å². The van der Waals surface area contributed by atoms with E-state index in [0.717, 1.165) is 0 Å². The summed E-state index contributed by atoms with van der Waals surface area (Å²) in [7, 11) is 0. The fraction of sp³-hybridized carbons (Fsp3) is 0.800. The van der Waals surface area contributed by atoms with Gasteiger partial charge in [0.1, 0.15) is 6.61 Å². The molecule has 0 aromatic heterocycles. The minimum absolute atomic E-state index is 0.0197. The Labute approximate surface area is 53.5 Å². The Balaban J connectivity index is 2.51. The predicted molar refractivity (Wildman–Crippen MR) is 31.3 cm³/mol. The average molecular weight is 130 g/mol. The summed E-state index contributed by atoms with van der Waals surface area (Å²) in [6.45, 7) is 2.51. The van der Waals surface area contributed by atoms with Crippen molar-refractivity contribution in [1.82, 2.24) is 5.01 Å². The van der Waals surface area contributed by atoms with Crippen LogP contribution >= 0.6 is 0 Å². The van der Waals surface area contributed by atoms with Gasteiger partial charge < -0.3 is 4.74 Å². The van der Waals surface area contributed by atoms with Crippen LogP contribution in [0.25, 0.3) is 0 Å². The number of ether oxygens (including phenoxy) is 1. The van der Waals surface area contributed by atoms with E-state index in [2.05, 4.69) is 0 Å². The van der Waals surface area contributed by atoms with E-state index in [0.29, 0.717) is 6.61 Å². The number of morpholine rings is 1. The topological polar surface area (TPSA) is 55.6 Å². The van der Waals surface area contributed by atoms with Crippen molar-refractivity contribution in [2.75, 3.05) is 13.2 Å². The maximum Gasteiger partial charge on any atom is 0.262 e. The second-order valence-corrected chi connectivity index (χ2v) is 2.17. The number of amides is 1. The summed E-state index contributed by atoms with van der Waals surface area (Å²) < 4.78 is 4.89. The summed E-state index contributed by atoms with van der Waals surface area (Å²) >= 11 is 0. The number of nitrogens with two attached hydrogens (primary N) is 1. The van der Waals surface area contributed by atoms with E-state index in [1.165, 1.54) is 5.01 Å². The smallest absolute Gasteiger partial charge is 0.262 e. The quantitative estimate of drug-likeness (QED) is 0.342. The zero-order chi connectivity index (χ0) is 6.85. The van der Waals surface area contributed by atoms with Crippen LogP contribution in [0.4, 0.5) is 0 Å². The monoisotopic (exact) mass is 130 g/mol. The van der Waals surface area contributed by atoms with Gasteiger partial charge in [0, 0.05) is 0 Å². The summed E-state index contributed by atoms with van der Waals surface area (Å²) in [6.07, 6.45) is 0. The SMILES string of the molecule is CC1COCC(=O)N1N. The fourth-order valence-corrected chi connectivity index (χ4v) is 0.717. The molecule has 0 aromatic rings. The molecule has 1 unspecified atom stereocenters. The van der Waals surface area contributed by atoms with Crippen molar-refractivity contribution < 1.29 is 9.53 Å². The molecule has 0 spiro atoms. The molecule has 0 aliphatic carbocycles. The lowest BCUT2D eigenvalue weighted by Crippen LogP contribution is -2.51. The van der Waals surface area contributed by atoms with Gasteiger partial charge in [0.2, 0.25) is 0 Å². The zero-order valence-electron chi connectivity index (χ0n) is 5.33. The van der Waals surface area contributed by atoms with Crippen LogP contribution in [-0.4, -0.2) is 30.2 Å². The molecule has 2 N–H and O–H groups in total. The highest BCUT2D eigenvalue weighted by molar-refractivity contribution is 5.77. The molecule has 1 fully saturated rings. The summed E-state index contributed by atoms with van der Waals surface area (Å²) in [6, 6.07) is 0.0197. The zero-order valence-corrected chi connectivity index (χ0v) is 5.33. The summed E-state index contributed by atoms with van der Waals surface area (Å²) in [5.41, 5.74) is 0. The van der Waals surface area contributed by atoms with E-state index in [-0.39, 0.29) is 18.6 Å². The van der Waals surface area contributed by atoms with Crippen LogP contribution in [0.3, 0.4) is 0 Å². The first-order chi connectivity index (χ1) is 4.22. The molecule has 1 atom stereocenters. The number of rotatable bonds is 0. The van der Waals surface area contributed by atoms with Crippen molar-refractivity contribution in [2.45, 2.75) is 13.0 Å². The second kappa shape index (κ2) is 2.33. The highest BCUT2D eigenvalue weighted by atomic mass is 16.5. The van der Waals surface area contributed by atoms with Crippen molar-refractivity contribution in [3.8, 4) is 0 Å². The van der Waals surface area contributed by atoms with Crippen LogP contribution in [0.1, 0.15) is 6.92 Å². The van der Waals surface area contributed by atoms with Crippen LogP contribution in [0, 0.1) is 0 Å². The molecular formula is C5H10N2O2. The normalized spacial score (nSPS) is 28.9. The van der Waals surface area contributed by atoms with Gasteiger partial charge in [-0.3, -0.25) is 9.80 Å². The van der Waals surface area contributed by atoms with Gasteiger partial charge in [-0.1, -0.05) is 0 Å². The number of nitrogens with zero attached hydrogens (tertiary/aromatic N) is 1. The van der Waals surface area contributed by atoms with Gasteiger partial charge in [0.15, 0.2) is 0 Å². The van der Waals surface area contributed by atoms with Gasteiger partial charge in [0.25, 0.3) is 5.91 Å². The molecule has 52 valence electrons. The van der Waals surface area contributed by atoms with Crippen LogP contribution in [0.2, 0.25) is 0 Å². The molecule has 0 aromatic carbocycles. The van der Waals surface area contributed by atoms with Gasteiger partial charge in [-0.15, -0.1) is 0 Å². The lowest BCUT2D eigenvalue weighted by Gasteiger charge is -2.28. The first-order valence-electron chi connectivity index (χ1n) is 2.86. The van der Waals surface area contributed by atoms with E-state index in [4.69, 9.17) is 10.6 Å². The minimum atomic E-state index is -0.145. The van der Waals surface area contributed by atoms with E-state index in [1.54, 1.807) is 0 Å². The molecule has 1 rings (SSSR count). The number of carbonyl (C=O) groups is 1. The summed E-state index contributed by atoms with van der Waals surface area (Å²) in [4.78, 5) is 10.7. The Morgan fingerprint density at radius 1 is 1.89 bits per heavy atom. The third-order valence-corrected chi connectivity index (χ3v) is 1.35. The molecule has 0 radical (unpaired) electrons. The standard InChI is InChI=1S/C5H10N2O2/c1-4-2-9-3-5(8)7(4)6/h4H,2-3,6H2,1H3. The Bertz CT molecular complexity index is 126. The average Bonchev–Trinajstić information content (AvgIpc) is 1.83. The molecular weight excluding hydrogens is 120 g/mol. The van der Waals surface area contributed by atoms with E-state index in [9.17, 15) is 4.79 Å². The molecule has 1 aliphatic heterocycles. The predicted octanol–water partition coefficient (Wildman–Crippen LogP) is -0.893. The molecule has 0 bridgehead atoms. The van der Waals surface area contributed by atoms with Gasteiger partial charge in [0.05, 0.1) is 12.6 Å². The minimum Gasteiger partial charge on any atom is -0.369 e. The summed E-state index contributed by atoms with van der Waals surface area (Å²) in [5.74, 6) is 5.18. The van der Waals surface area contributed by atoms with Crippen LogP contribution < -0.4 is 5.84 Å². The number of carbonyl (C=O) groups excluding carboxylic acids is 1. The molecule has 0 saturated carbocycles. The van der Waals surface area contributed by atoms with Gasteiger partial charge >= 0.3 is 0 Å². The second-order valence-electron chi connectivity index (χ2n) is 2.17. The molecule has 9 heavy (non-hydrogen) atoms. The maximum absolute atomic E-state index is 10.7. The van der Waals surface area contributed by atoms with Crippen LogP contribution in [0.5, 0.6) is 0 Å². The van der Waals surface area contributed by atoms with Crippen LogP contribution in [0.15, 0.2) is 0 Å². The third-order valence-electron chi connectivity index (χ3n) is 1.35. The fourth-order valence-electron chi connectivity index (χ4n) is 0.717. The highest BCUT2D eigenvalue weighted by Crippen LogP contribution is 2.00. The number of hydrazine groups is 1. The number of hydrogen-bond acceptors (Lipinski definition) is 3. The third kappa shape index (κ3) is 1.20. The molecule has 4 heteroatoms.